The second kappa shape index (κ2) is 25.2. The van der Waals surface area contributed by atoms with Gasteiger partial charge in [-0.15, -0.1) is 0 Å². The first-order valence-corrected chi connectivity index (χ1v) is 29.4. The monoisotopic (exact) mass is 1370 g/mol. The van der Waals surface area contributed by atoms with Crippen LogP contribution in [0, 0.1) is 24.7 Å². The molecule has 0 N–H and O–H groups in total. The fourth-order valence-electron chi connectivity index (χ4n) is 9.00. The Balaban J connectivity index is 0.00000810. The Morgan fingerprint density at radius 2 is 0.720 bits per heavy atom. The van der Waals surface area contributed by atoms with E-state index in [9.17, 15) is 0 Å². The molecule has 8 aromatic rings. The molecular weight excluding hydrogens is 1340 g/mol. The predicted octanol–water partition coefficient (Wildman–Crippen LogP) is 19.7. The SMILES string of the molecule is COc1cccc(OC)c1Oc1c(Cl)c(Cl)c2c3nc4nc(nc5[n-]c(nc6nc(nc([n-]3)c2c1Cl)-c1c(Cl)c(OCCC(C)C)c(Cl)c(Cl)c1-6)c1c(Cl)c(OCCC(C)C)c(C)c(Cl)c51)-c1c(Cl)c(OCCC(C)C)c(Cl)c(Cl)c1-4.[Zn+2]. The Bertz CT molecular complexity index is 4080. The molecule has 5 heterocycles. The van der Waals surface area contributed by atoms with Gasteiger partial charge in [0.05, 0.1) is 97.5 Å². The van der Waals surface area contributed by atoms with Gasteiger partial charge in [0.1, 0.15) is 20.8 Å². The zero-order valence-corrected chi connectivity index (χ0v) is 56.4. The van der Waals surface area contributed by atoms with Gasteiger partial charge in [-0.25, -0.2) is 9.97 Å². The van der Waals surface area contributed by atoms with Crippen LogP contribution in [-0.2, 0) is 19.5 Å². The van der Waals surface area contributed by atoms with Gasteiger partial charge < -0.3 is 58.3 Å². The minimum Gasteiger partial charge on any atom is -0.493 e. The smallest absolute Gasteiger partial charge is 0.493 e. The average molecular weight is 1380 g/mol. The van der Waals surface area contributed by atoms with Gasteiger partial charge >= 0.3 is 19.5 Å². The van der Waals surface area contributed by atoms with E-state index in [-0.39, 0.29) is 224 Å². The molecule has 2 aliphatic rings. The van der Waals surface area contributed by atoms with Crippen molar-refractivity contribution in [3.8, 4) is 85.8 Å². The minimum absolute atomic E-state index is 0. The normalized spacial score (nSPS) is 11.9. The molecule has 10 rings (SSSR count). The van der Waals surface area contributed by atoms with Crippen LogP contribution in [0.1, 0.15) is 66.4 Å². The Kier molecular flexibility index (Phi) is 19.2. The predicted molar refractivity (Wildman–Crippen MR) is 328 cm³/mol. The van der Waals surface area contributed by atoms with Gasteiger partial charge in [-0.05, 0) is 56.1 Å². The van der Waals surface area contributed by atoms with E-state index in [2.05, 4.69) is 41.5 Å². The van der Waals surface area contributed by atoms with E-state index < -0.39 is 0 Å². The molecular formula is C56H45Cl11N8O6Zn. The van der Waals surface area contributed by atoms with Crippen LogP contribution >= 0.6 is 128 Å². The van der Waals surface area contributed by atoms with Crippen LogP contribution in [-0.4, -0.2) is 63.9 Å². The number of aromatic nitrogens is 8. The molecule has 0 fully saturated rings. The van der Waals surface area contributed by atoms with Crippen molar-refractivity contribution in [3.05, 3.63) is 79.0 Å². The fourth-order valence-corrected chi connectivity index (χ4v) is 12.3. The molecule has 0 amide bonds. The molecule has 2 aliphatic heterocycles. The Labute approximate surface area is 539 Å². The summed E-state index contributed by atoms with van der Waals surface area (Å²) in [7, 11) is 2.93. The van der Waals surface area contributed by atoms with Gasteiger partial charge in [-0.1, -0.05) is 175 Å². The number of hydrogen-bond donors (Lipinski definition) is 0. The van der Waals surface area contributed by atoms with Gasteiger partial charge in [0.15, 0.2) is 28.7 Å². The maximum Gasteiger partial charge on any atom is 2.00 e. The van der Waals surface area contributed by atoms with E-state index in [1.165, 1.54) is 14.2 Å². The number of benzene rings is 5. The minimum atomic E-state index is -0.151. The molecule has 0 saturated carbocycles. The van der Waals surface area contributed by atoms with E-state index in [0.717, 1.165) is 0 Å². The molecule has 424 valence electrons. The molecule has 0 atom stereocenters. The molecule has 5 aromatic carbocycles. The summed E-state index contributed by atoms with van der Waals surface area (Å²) in [5.74, 6) is 1.60. The zero-order valence-electron chi connectivity index (χ0n) is 45.1. The standard InChI is InChI=1S/C56H45Cl11N8O6.Zn/c1-19(2)13-16-78-44-22(7)33(57)25-29(37(44)61)53-68-49(25)69-54-30-26(34(58)41(65)46(38(30)62)79-17-14-20(3)4)50(72-54)70-52-28-32(40(64)48(43(67)36(28)60)81-45-23(76-8)11-10-12-24(45)77-9)56(74-52)75-55-31-27(51(71-53)73-55)35(59)42(66)47(39(31)63)80-18-15-21(5)6;/h10-12,19-21H,13-18H2,1-9H3;/q-2;+2. The molecule has 3 aromatic heterocycles. The van der Waals surface area contributed by atoms with Crippen LogP contribution in [0.25, 0.3) is 89.7 Å². The van der Waals surface area contributed by atoms with Gasteiger partial charge in [0.2, 0.25) is 5.75 Å². The van der Waals surface area contributed by atoms with Crippen molar-refractivity contribution in [2.24, 2.45) is 17.8 Å². The molecule has 14 nitrogen and oxygen atoms in total. The Morgan fingerprint density at radius 1 is 0.390 bits per heavy atom. The van der Waals surface area contributed by atoms with Gasteiger partial charge in [-0.2, -0.15) is 0 Å². The number of fused-ring (bicyclic) bond motifs is 20. The van der Waals surface area contributed by atoms with Gasteiger partial charge in [-0.3, -0.25) is 0 Å². The average Bonchev–Trinajstić information content (AvgIpc) is 4.27. The van der Waals surface area contributed by atoms with Crippen LogP contribution in [0.2, 0.25) is 55.2 Å². The maximum atomic E-state index is 7.50. The van der Waals surface area contributed by atoms with Crippen molar-refractivity contribution >= 4 is 172 Å². The number of nitrogens with zero attached hydrogens (tertiary/aromatic N) is 8. The van der Waals surface area contributed by atoms with E-state index in [0.29, 0.717) is 43.1 Å². The molecule has 82 heavy (non-hydrogen) atoms. The molecule has 8 bridgehead atoms. The maximum absolute atomic E-state index is 7.50. The van der Waals surface area contributed by atoms with Gasteiger partial charge in [0, 0.05) is 72.0 Å². The summed E-state index contributed by atoms with van der Waals surface area (Å²) < 4.78 is 36.7. The first kappa shape index (κ1) is 62.6. The molecule has 0 aliphatic carbocycles. The zero-order chi connectivity index (χ0) is 58.2. The summed E-state index contributed by atoms with van der Waals surface area (Å²) in [5, 5.41) is 0.533. The van der Waals surface area contributed by atoms with Crippen LogP contribution in [0.15, 0.2) is 18.2 Å². The molecule has 0 spiro atoms. The summed E-state index contributed by atoms with van der Waals surface area (Å²) in [6.07, 6.45) is 2.03. The molecule has 26 heteroatoms. The topological polar surface area (TPSA) is 161 Å². The van der Waals surface area contributed by atoms with Crippen LogP contribution in [0.3, 0.4) is 0 Å². The van der Waals surface area contributed by atoms with E-state index in [1.54, 1.807) is 25.1 Å². The largest absolute Gasteiger partial charge is 2.00 e. The second-order valence-electron chi connectivity index (χ2n) is 20.1. The summed E-state index contributed by atoms with van der Waals surface area (Å²) in [5.41, 5.74) is 0.878. The molecule has 0 unspecified atom stereocenters. The second-order valence-corrected chi connectivity index (χ2v) is 24.2. The molecule has 0 radical (unpaired) electrons. The van der Waals surface area contributed by atoms with Crippen molar-refractivity contribution in [1.29, 1.82) is 0 Å². The van der Waals surface area contributed by atoms with Crippen molar-refractivity contribution < 1.29 is 47.9 Å². The third-order valence-electron chi connectivity index (χ3n) is 13.3. The number of ether oxygens (including phenoxy) is 6. The van der Waals surface area contributed by atoms with Crippen LogP contribution in [0.4, 0.5) is 0 Å². The van der Waals surface area contributed by atoms with E-state index in [1.807, 2.05) is 0 Å². The summed E-state index contributed by atoms with van der Waals surface area (Å²) in [4.78, 5) is 40.3. The van der Waals surface area contributed by atoms with Crippen molar-refractivity contribution in [1.82, 2.24) is 39.9 Å². The van der Waals surface area contributed by atoms with Crippen LogP contribution < -0.4 is 38.4 Å². The summed E-state index contributed by atoms with van der Waals surface area (Å²) in [6, 6.07) is 5.04. The van der Waals surface area contributed by atoms with Gasteiger partial charge in [0.25, 0.3) is 0 Å². The number of methoxy groups -OCH3 is 2. The van der Waals surface area contributed by atoms with E-state index >= 15 is 0 Å². The first-order chi connectivity index (χ1) is 38.6. The van der Waals surface area contributed by atoms with Crippen LogP contribution in [0.5, 0.6) is 40.2 Å². The Hall–Kier alpha value is -3.93. The molecule has 0 saturated heterocycles. The third-order valence-corrected chi connectivity index (χ3v) is 17.7. The van der Waals surface area contributed by atoms with Crippen molar-refractivity contribution in [3.63, 3.8) is 0 Å². The van der Waals surface area contributed by atoms with E-state index in [4.69, 9.17) is 196 Å². The number of hydrogen-bond acceptors (Lipinski definition) is 12. The van der Waals surface area contributed by atoms with Crippen molar-refractivity contribution in [2.75, 3.05) is 34.0 Å². The third kappa shape index (κ3) is 11.2. The Morgan fingerprint density at radius 3 is 1.10 bits per heavy atom. The first-order valence-electron chi connectivity index (χ1n) is 25.2. The fraction of sp³-hybridized carbons (Fsp3) is 0.321. The van der Waals surface area contributed by atoms with Crippen molar-refractivity contribution in [2.45, 2.75) is 67.7 Å². The number of para-hydroxylation sites is 1. The summed E-state index contributed by atoms with van der Waals surface area (Å²) in [6.45, 7) is 15.0. The summed E-state index contributed by atoms with van der Waals surface area (Å²) >= 11 is 80.5. The number of halogens is 11. The number of rotatable bonds is 16. The quantitative estimate of drug-likeness (QED) is 0.0664.